The van der Waals surface area contributed by atoms with Crippen molar-refractivity contribution in [1.29, 1.82) is 0 Å². The minimum atomic E-state index is -0.957. The third-order valence-electron chi connectivity index (χ3n) is 4.83. The Hall–Kier alpha value is -2.56. The zero-order chi connectivity index (χ0) is 17.6. The lowest BCUT2D eigenvalue weighted by Gasteiger charge is -2.34. The maximum Gasteiger partial charge on any atom is 0.335 e. The summed E-state index contributed by atoms with van der Waals surface area (Å²) in [7, 11) is 0. The fraction of sp³-hybridized carbons (Fsp3) is 0.400. The van der Waals surface area contributed by atoms with Crippen LogP contribution in [0.15, 0.2) is 47.3 Å². The fourth-order valence-corrected chi connectivity index (χ4v) is 3.43. The Morgan fingerprint density at radius 2 is 1.76 bits per heavy atom. The predicted octanol–water partition coefficient (Wildman–Crippen LogP) is 3.88. The van der Waals surface area contributed by atoms with Crippen LogP contribution in [-0.2, 0) is 17.8 Å². The van der Waals surface area contributed by atoms with E-state index in [1.165, 1.54) is 6.42 Å². The molecule has 5 heteroatoms. The monoisotopic (exact) mass is 341 g/mol. The van der Waals surface area contributed by atoms with Crippen molar-refractivity contribution in [3.63, 3.8) is 0 Å². The van der Waals surface area contributed by atoms with E-state index in [0.29, 0.717) is 6.54 Å². The van der Waals surface area contributed by atoms with E-state index in [4.69, 9.17) is 9.52 Å². The number of hydrogen-bond acceptors (Lipinski definition) is 3. The van der Waals surface area contributed by atoms with E-state index in [9.17, 15) is 9.59 Å². The zero-order valence-corrected chi connectivity index (χ0v) is 14.2. The molecule has 1 aliphatic carbocycles. The number of carboxylic acid groups (broad SMARTS) is 1. The van der Waals surface area contributed by atoms with Gasteiger partial charge in [0.15, 0.2) is 0 Å². The van der Waals surface area contributed by atoms with Crippen molar-refractivity contribution in [1.82, 2.24) is 4.90 Å². The molecule has 1 aromatic heterocycles. The molecule has 1 aliphatic rings. The van der Waals surface area contributed by atoms with Crippen LogP contribution in [0.3, 0.4) is 0 Å². The van der Waals surface area contributed by atoms with Gasteiger partial charge in [0.2, 0.25) is 5.91 Å². The number of carbonyl (C=O) groups excluding carboxylic acids is 1. The summed E-state index contributed by atoms with van der Waals surface area (Å²) in [4.78, 5) is 25.8. The van der Waals surface area contributed by atoms with E-state index in [2.05, 4.69) is 0 Å². The Morgan fingerprint density at radius 1 is 1.04 bits per heavy atom. The summed E-state index contributed by atoms with van der Waals surface area (Å²) < 4.78 is 5.14. The molecule has 1 N–H and O–H groups in total. The normalized spacial score (nSPS) is 15.0. The summed E-state index contributed by atoms with van der Waals surface area (Å²) in [5, 5.41) is 8.98. The maximum atomic E-state index is 12.9. The Labute approximate surface area is 147 Å². The van der Waals surface area contributed by atoms with Crippen LogP contribution in [0.2, 0.25) is 0 Å². The summed E-state index contributed by atoms with van der Waals surface area (Å²) in [5.41, 5.74) is 2.07. The summed E-state index contributed by atoms with van der Waals surface area (Å²) in [6.45, 7) is 0.563. The SMILES string of the molecule is O=C(O)c1ccc(CC(=O)N(Cc2ccoc2)C2CCCCC2)cc1. The average molecular weight is 341 g/mol. The van der Waals surface area contributed by atoms with Gasteiger partial charge in [0.25, 0.3) is 0 Å². The molecule has 0 unspecified atom stereocenters. The van der Waals surface area contributed by atoms with Crippen LogP contribution >= 0.6 is 0 Å². The summed E-state index contributed by atoms with van der Waals surface area (Å²) in [6, 6.07) is 8.70. The molecular formula is C20H23NO4. The molecular weight excluding hydrogens is 318 g/mol. The summed E-state index contributed by atoms with van der Waals surface area (Å²) in [6.07, 6.45) is 9.24. The predicted molar refractivity (Wildman–Crippen MR) is 93.2 cm³/mol. The molecule has 132 valence electrons. The number of hydrogen-bond donors (Lipinski definition) is 1. The van der Waals surface area contributed by atoms with Gasteiger partial charge >= 0.3 is 5.97 Å². The maximum absolute atomic E-state index is 12.9. The van der Waals surface area contributed by atoms with Crippen LogP contribution in [-0.4, -0.2) is 27.9 Å². The van der Waals surface area contributed by atoms with Crippen molar-refractivity contribution in [3.05, 3.63) is 59.5 Å². The lowest BCUT2D eigenvalue weighted by Crippen LogP contribution is -2.41. The van der Waals surface area contributed by atoms with Crippen LogP contribution < -0.4 is 0 Å². The van der Waals surface area contributed by atoms with Crippen LogP contribution in [0.5, 0.6) is 0 Å². The molecule has 1 heterocycles. The van der Waals surface area contributed by atoms with Gasteiger partial charge in [-0.15, -0.1) is 0 Å². The van der Waals surface area contributed by atoms with Gasteiger partial charge < -0.3 is 14.4 Å². The first-order valence-electron chi connectivity index (χ1n) is 8.76. The van der Waals surface area contributed by atoms with Gasteiger partial charge in [-0.2, -0.15) is 0 Å². The van der Waals surface area contributed by atoms with Crippen LogP contribution in [0.25, 0.3) is 0 Å². The number of rotatable bonds is 6. The topological polar surface area (TPSA) is 70.8 Å². The van der Waals surface area contributed by atoms with Gasteiger partial charge in [-0.05, 0) is 36.6 Å². The van der Waals surface area contributed by atoms with E-state index in [1.807, 2.05) is 11.0 Å². The highest BCUT2D eigenvalue weighted by molar-refractivity contribution is 5.87. The standard InChI is InChI=1S/C20H23NO4/c22-19(12-15-6-8-17(9-7-15)20(23)24)21(13-16-10-11-25-14-16)18-4-2-1-3-5-18/h6-11,14,18H,1-5,12-13H2,(H,23,24). The summed E-state index contributed by atoms with van der Waals surface area (Å²) >= 11 is 0. The highest BCUT2D eigenvalue weighted by Crippen LogP contribution is 2.25. The average Bonchev–Trinajstić information content (AvgIpc) is 3.14. The minimum Gasteiger partial charge on any atom is -0.478 e. The van der Waals surface area contributed by atoms with Crippen LogP contribution in [0.1, 0.15) is 53.6 Å². The molecule has 0 bridgehead atoms. The van der Waals surface area contributed by atoms with E-state index < -0.39 is 5.97 Å². The largest absolute Gasteiger partial charge is 0.478 e. The number of carbonyl (C=O) groups is 2. The second-order valence-corrected chi connectivity index (χ2v) is 6.62. The van der Waals surface area contributed by atoms with Gasteiger partial charge in [0, 0.05) is 18.2 Å². The number of aromatic carboxylic acids is 1. The van der Waals surface area contributed by atoms with Gasteiger partial charge in [-0.3, -0.25) is 4.79 Å². The Morgan fingerprint density at radius 3 is 2.36 bits per heavy atom. The number of carboxylic acids is 1. The Kier molecular flexibility index (Phi) is 5.53. The molecule has 0 radical (unpaired) electrons. The first kappa shape index (κ1) is 17.3. The van der Waals surface area contributed by atoms with Gasteiger partial charge in [-0.25, -0.2) is 4.79 Å². The molecule has 0 saturated heterocycles. The van der Waals surface area contributed by atoms with Crippen molar-refractivity contribution in [2.24, 2.45) is 0 Å². The van der Waals surface area contributed by atoms with Crippen molar-refractivity contribution in [3.8, 4) is 0 Å². The molecule has 5 nitrogen and oxygen atoms in total. The van der Waals surface area contributed by atoms with Crippen LogP contribution in [0, 0.1) is 0 Å². The van der Waals surface area contributed by atoms with Crippen molar-refractivity contribution >= 4 is 11.9 Å². The van der Waals surface area contributed by atoms with Crippen molar-refractivity contribution in [2.75, 3.05) is 0 Å². The van der Waals surface area contributed by atoms with E-state index in [0.717, 1.165) is 36.8 Å². The molecule has 0 spiro atoms. The summed E-state index contributed by atoms with van der Waals surface area (Å²) in [5.74, 6) is -0.877. The molecule has 0 atom stereocenters. The zero-order valence-electron chi connectivity index (χ0n) is 14.2. The molecule has 1 aromatic carbocycles. The first-order valence-corrected chi connectivity index (χ1v) is 8.76. The van der Waals surface area contributed by atoms with E-state index in [-0.39, 0.29) is 23.9 Å². The molecule has 25 heavy (non-hydrogen) atoms. The van der Waals surface area contributed by atoms with Crippen LogP contribution in [0.4, 0.5) is 0 Å². The number of furan rings is 1. The Balaban J connectivity index is 1.72. The molecule has 1 fully saturated rings. The third kappa shape index (κ3) is 4.50. The number of amides is 1. The highest BCUT2D eigenvalue weighted by atomic mass is 16.4. The Bertz CT molecular complexity index is 700. The molecule has 2 aromatic rings. The lowest BCUT2D eigenvalue weighted by molar-refractivity contribution is -0.134. The highest BCUT2D eigenvalue weighted by Gasteiger charge is 2.25. The second kappa shape index (κ2) is 8.01. The quantitative estimate of drug-likeness (QED) is 0.865. The molecule has 1 saturated carbocycles. The smallest absolute Gasteiger partial charge is 0.335 e. The third-order valence-corrected chi connectivity index (χ3v) is 4.83. The lowest BCUT2D eigenvalue weighted by atomic mass is 9.93. The fourth-order valence-electron chi connectivity index (χ4n) is 3.43. The van der Waals surface area contributed by atoms with Gasteiger partial charge in [0.05, 0.1) is 24.5 Å². The van der Waals surface area contributed by atoms with Crippen molar-refractivity contribution < 1.29 is 19.1 Å². The van der Waals surface area contributed by atoms with E-state index in [1.54, 1.807) is 36.8 Å². The van der Waals surface area contributed by atoms with Gasteiger partial charge in [0.1, 0.15) is 0 Å². The first-order chi connectivity index (χ1) is 12.1. The minimum absolute atomic E-state index is 0.0798. The second-order valence-electron chi connectivity index (χ2n) is 6.62. The van der Waals surface area contributed by atoms with Crippen molar-refractivity contribution in [2.45, 2.75) is 51.1 Å². The van der Waals surface area contributed by atoms with E-state index >= 15 is 0 Å². The molecule has 3 rings (SSSR count). The molecule has 1 amide bonds. The van der Waals surface area contributed by atoms with Gasteiger partial charge in [-0.1, -0.05) is 31.4 Å². The number of nitrogens with zero attached hydrogens (tertiary/aromatic N) is 1. The number of benzene rings is 1. The molecule has 0 aliphatic heterocycles.